The number of para-hydroxylation sites is 1. The molecule has 6 nitrogen and oxygen atoms in total. The first-order chi connectivity index (χ1) is 13.4. The molecule has 6 heteroatoms. The molecule has 0 N–H and O–H groups in total. The minimum atomic E-state index is -0.840. The maximum atomic E-state index is 12.6. The molecule has 0 bridgehead atoms. The summed E-state index contributed by atoms with van der Waals surface area (Å²) in [6.07, 6.45) is 0.759. The Hall–Kier alpha value is -3.41. The molecule has 0 radical (unpaired) electrons. The van der Waals surface area contributed by atoms with Crippen LogP contribution in [0.5, 0.6) is 0 Å². The lowest BCUT2D eigenvalue weighted by atomic mass is 10.1. The fraction of sp³-hybridized carbons (Fsp3) is 0.227. The minimum absolute atomic E-state index is 0.00885. The molecule has 1 aromatic heterocycles. The molecule has 0 unspecified atom stereocenters. The van der Waals surface area contributed by atoms with Gasteiger partial charge in [0.1, 0.15) is 5.58 Å². The smallest absolute Gasteiger partial charge is 0.374 e. The van der Waals surface area contributed by atoms with Crippen LogP contribution in [-0.4, -0.2) is 24.5 Å². The minimum Gasteiger partial charge on any atom is -0.450 e. The van der Waals surface area contributed by atoms with E-state index < -0.39 is 12.6 Å². The summed E-state index contributed by atoms with van der Waals surface area (Å²) >= 11 is 0. The summed E-state index contributed by atoms with van der Waals surface area (Å²) in [5, 5.41) is 0.398. The Labute approximate surface area is 161 Å². The van der Waals surface area contributed by atoms with Gasteiger partial charge in [0, 0.05) is 17.8 Å². The third-order valence-electron chi connectivity index (χ3n) is 4.89. The number of nitrogens with zero attached hydrogens (tertiary/aromatic N) is 1. The second kappa shape index (κ2) is 6.96. The molecular weight excluding hydrogens is 358 g/mol. The molecule has 1 aliphatic rings. The maximum Gasteiger partial charge on any atom is 0.374 e. The molecule has 0 aliphatic carbocycles. The molecule has 0 fully saturated rings. The SMILES string of the molecule is Cc1ccc2oc(C(=O)OCC(=O)N3c4ccccc4C[C@H]3C)cc(=O)c2c1. The van der Waals surface area contributed by atoms with Gasteiger partial charge in [-0.05, 0) is 44.0 Å². The fourth-order valence-corrected chi connectivity index (χ4v) is 3.58. The normalized spacial score (nSPS) is 15.5. The molecule has 1 amide bonds. The van der Waals surface area contributed by atoms with Gasteiger partial charge in [0.25, 0.3) is 5.91 Å². The molecule has 142 valence electrons. The van der Waals surface area contributed by atoms with Crippen LogP contribution < -0.4 is 10.3 Å². The quantitative estimate of drug-likeness (QED) is 0.655. The number of amides is 1. The molecule has 4 rings (SSSR count). The van der Waals surface area contributed by atoms with Crippen LogP contribution in [0.25, 0.3) is 11.0 Å². The predicted octanol–water partition coefficient (Wildman–Crippen LogP) is 3.24. The summed E-state index contributed by atoms with van der Waals surface area (Å²) in [6.45, 7) is 3.39. The summed E-state index contributed by atoms with van der Waals surface area (Å²) in [6, 6.07) is 13.9. The first-order valence-corrected chi connectivity index (χ1v) is 9.05. The standard InChI is InChI=1S/C22H19NO5/c1-13-7-8-19-16(9-13)18(24)11-20(28-19)22(26)27-12-21(25)23-14(2)10-15-5-3-4-6-17(15)23/h3-9,11,14H,10,12H2,1-2H3/t14-/m1/s1. The molecule has 0 saturated carbocycles. The van der Waals surface area contributed by atoms with Gasteiger partial charge in [-0.3, -0.25) is 9.59 Å². The number of rotatable bonds is 3. The van der Waals surface area contributed by atoms with Crippen molar-refractivity contribution in [2.75, 3.05) is 11.5 Å². The predicted molar refractivity (Wildman–Crippen MR) is 105 cm³/mol. The van der Waals surface area contributed by atoms with Crippen LogP contribution in [0, 0.1) is 6.92 Å². The number of hydrogen-bond donors (Lipinski definition) is 0. The molecule has 28 heavy (non-hydrogen) atoms. The summed E-state index contributed by atoms with van der Waals surface area (Å²) in [7, 11) is 0. The Morgan fingerprint density at radius 2 is 1.96 bits per heavy atom. The molecule has 0 spiro atoms. The monoisotopic (exact) mass is 377 g/mol. The zero-order valence-corrected chi connectivity index (χ0v) is 15.6. The summed E-state index contributed by atoms with van der Waals surface area (Å²) in [5.74, 6) is -1.37. The van der Waals surface area contributed by atoms with E-state index in [1.54, 1.807) is 23.1 Å². The highest BCUT2D eigenvalue weighted by Crippen LogP contribution is 2.31. The van der Waals surface area contributed by atoms with Crippen LogP contribution >= 0.6 is 0 Å². The first-order valence-electron chi connectivity index (χ1n) is 9.05. The van der Waals surface area contributed by atoms with Crippen molar-refractivity contribution < 1.29 is 18.7 Å². The van der Waals surface area contributed by atoms with Crippen molar-refractivity contribution in [3.8, 4) is 0 Å². The van der Waals surface area contributed by atoms with Crippen molar-refractivity contribution in [2.45, 2.75) is 26.3 Å². The second-order valence-corrected chi connectivity index (χ2v) is 7.00. The Morgan fingerprint density at radius 1 is 1.18 bits per heavy atom. The first kappa shape index (κ1) is 18.0. The van der Waals surface area contributed by atoms with Crippen molar-refractivity contribution >= 4 is 28.5 Å². The van der Waals surface area contributed by atoms with E-state index in [1.165, 1.54) is 0 Å². The lowest BCUT2D eigenvalue weighted by Crippen LogP contribution is -2.38. The number of aryl methyl sites for hydroxylation is 1. The third-order valence-corrected chi connectivity index (χ3v) is 4.89. The van der Waals surface area contributed by atoms with E-state index >= 15 is 0 Å². The Kier molecular flexibility index (Phi) is 4.47. The van der Waals surface area contributed by atoms with E-state index in [4.69, 9.17) is 9.15 Å². The lowest BCUT2D eigenvalue weighted by Gasteiger charge is -2.22. The molecule has 3 aromatic rings. The number of carbonyl (C=O) groups excluding carboxylic acids is 2. The Balaban J connectivity index is 1.50. The van der Waals surface area contributed by atoms with E-state index in [-0.39, 0.29) is 23.1 Å². The summed E-state index contributed by atoms with van der Waals surface area (Å²) in [5.41, 5.74) is 2.82. The molecular formula is C22H19NO5. The van der Waals surface area contributed by atoms with Gasteiger partial charge in [-0.1, -0.05) is 29.8 Å². The topological polar surface area (TPSA) is 76.8 Å². The largest absolute Gasteiger partial charge is 0.450 e. The highest BCUT2D eigenvalue weighted by Gasteiger charge is 2.31. The van der Waals surface area contributed by atoms with Gasteiger partial charge in [0.2, 0.25) is 5.76 Å². The highest BCUT2D eigenvalue weighted by atomic mass is 16.5. The van der Waals surface area contributed by atoms with Crippen LogP contribution in [0.15, 0.2) is 57.7 Å². The van der Waals surface area contributed by atoms with E-state index in [0.29, 0.717) is 11.0 Å². The van der Waals surface area contributed by atoms with E-state index in [2.05, 4.69) is 0 Å². The number of hydrogen-bond acceptors (Lipinski definition) is 5. The van der Waals surface area contributed by atoms with Gasteiger partial charge < -0.3 is 14.1 Å². The lowest BCUT2D eigenvalue weighted by molar-refractivity contribution is -0.122. The Morgan fingerprint density at radius 3 is 2.79 bits per heavy atom. The van der Waals surface area contributed by atoms with Crippen molar-refractivity contribution in [3.05, 3.63) is 75.6 Å². The van der Waals surface area contributed by atoms with Crippen LogP contribution in [0.4, 0.5) is 5.69 Å². The average Bonchev–Trinajstić information content (AvgIpc) is 3.02. The van der Waals surface area contributed by atoms with Crippen molar-refractivity contribution in [3.63, 3.8) is 0 Å². The van der Waals surface area contributed by atoms with E-state index in [1.807, 2.05) is 38.1 Å². The van der Waals surface area contributed by atoms with Crippen LogP contribution in [0.2, 0.25) is 0 Å². The maximum absolute atomic E-state index is 12.6. The molecule has 2 heterocycles. The van der Waals surface area contributed by atoms with Crippen LogP contribution in [-0.2, 0) is 16.0 Å². The van der Waals surface area contributed by atoms with Gasteiger partial charge >= 0.3 is 5.97 Å². The number of anilines is 1. The summed E-state index contributed by atoms with van der Waals surface area (Å²) < 4.78 is 10.6. The molecule has 1 aliphatic heterocycles. The van der Waals surface area contributed by atoms with E-state index in [9.17, 15) is 14.4 Å². The number of carbonyl (C=O) groups is 2. The van der Waals surface area contributed by atoms with Gasteiger partial charge in [-0.25, -0.2) is 4.79 Å². The number of ether oxygens (including phenoxy) is 1. The van der Waals surface area contributed by atoms with Gasteiger partial charge in [-0.15, -0.1) is 0 Å². The van der Waals surface area contributed by atoms with Gasteiger partial charge in [0.05, 0.1) is 5.39 Å². The third kappa shape index (κ3) is 3.17. The average molecular weight is 377 g/mol. The molecule has 0 saturated heterocycles. The zero-order valence-electron chi connectivity index (χ0n) is 15.6. The summed E-state index contributed by atoms with van der Waals surface area (Å²) in [4.78, 5) is 38.8. The van der Waals surface area contributed by atoms with Gasteiger partial charge in [-0.2, -0.15) is 0 Å². The van der Waals surface area contributed by atoms with Gasteiger partial charge in [0.15, 0.2) is 12.0 Å². The van der Waals surface area contributed by atoms with Crippen molar-refractivity contribution in [1.82, 2.24) is 0 Å². The molecule has 2 aromatic carbocycles. The highest BCUT2D eigenvalue weighted by molar-refractivity contribution is 5.98. The number of esters is 1. The van der Waals surface area contributed by atoms with Crippen LogP contribution in [0.1, 0.15) is 28.6 Å². The Bertz CT molecular complexity index is 1150. The van der Waals surface area contributed by atoms with Crippen molar-refractivity contribution in [1.29, 1.82) is 0 Å². The fourth-order valence-electron chi connectivity index (χ4n) is 3.58. The van der Waals surface area contributed by atoms with Crippen molar-refractivity contribution in [2.24, 2.45) is 0 Å². The second-order valence-electron chi connectivity index (χ2n) is 7.00. The molecule has 1 atom stereocenters. The number of fused-ring (bicyclic) bond motifs is 2. The number of benzene rings is 2. The zero-order chi connectivity index (χ0) is 19.8. The van der Waals surface area contributed by atoms with Crippen LogP contribution in [0.3, 0.4) is 0 Å². The van der Waals surface area contributed by atoms with E-state index in [0.717, 1.165) is 29.3 Å².